The van der Waals surface area contributed by atoms with Gasteiger partial charge in [-0.15, -0.1) is 0 Å². The third kappa shape index (κ3) is 4.95. The first-order chi connectivity index (χ1) is 14.9. The van der Waals surface area contributed by atoms with Gasteiger partial charge in [0, 0.05) is 6.20 Å². The van der Waals surface area contributed by atoms with E-state index in [2.05, 4.69) is 21.0 Å². The monoisotopic (exact) mass is 586 g/mol. The molecule has 1 amide bonds. The second-order valence-corrected chi connectivity index (χ2v) is 8.42. The Morgan fingerprint density at radius 2 is 1.97 bits per heavy atom. The quantitative estimate of drug-likeness (QED) is 0.123. The zero-order valence-corrected chi connectivity index (χ0v) is 20.6. The summed E-state index contributed by atoms with van der Waals surface area (Å²) in [5, 5.41) is 13.0. The minimum absolute atomic E-state index is 0.111. The van der Waals surface area contributed by atoms with E-state index in [-0.39, 0.29) is 27.2 Å². The molecule has 0 atom stereocenters. The maximum atomic E-state index is 13.1. The van der Waals surface area contributed by atoms with Crippen LogP contribution in [-0.2, 0) is 4.74 Å². The molecule has 0 unspecified atom stereocenters. The summed E-state index contributed by atoms with van der Waals surface area (Å²) >= 11 is 16.0. The number of halogens is 3. The first-order valence-electron chi connectivity index (χ1n) is 8.47. The number of nitrogens with zero attached hydrogens (tertiary/aromatic N) is 6. The summed E-state index contributed by atoms with van der Waals surface area (Å²) in [5.74, 6) is 0.578. The van der Waals surface area contributed by atoms with Crippen molar-refractivity contribution in [2.75, 3.05) is 23.4 Å². The van der Waals surface area contributed by atoms with Gasteiger partial charge < -0.3 is 4.74 Å². The summed E-state index contributed by atoms with van der Waals surface area (Å²) in [6.07, 6.45) is 2.62. The lowest BCUT2D eigenvalue weighted by molar-refractivity contribution is 0.178. The number of carbonyl (C=O) groups excluding carboxylic acids is 1. The minimum atomic E-state index is -0.813. The standard InChI is InChI=1S/C19H13Cl2IN6O2S/c1-30-19(29)28(16-11(9-23)5-3-6-12(16)20)27(15-8-4-7-14(21)25-15)17-13(22)10-24-18(26-17)31-2/h3-8,10H,1-2H3. The van der Waals surface area contributed by atoms with Crippen LogP contribution in [-0.4, -0.2) is 34.4 Å². The SMILES string of the molecule is COC(=O)N(c1c(Cl)cccc1C#N)N(c1cccc(Cl)n1)c1nc(SC)ncc1I. The van der Waals surface area contributed by atoms with Gasteiger partial charge in [0.15, 0.2) is 16.8 Å². The Labute approximate surface area is 206 Å². The Bertz CT molecular complexity index is 1180. The van der Waals surface area contributed by atoms with Gasteiger partial charge in [-0.2, -0.15) is 10.3 Å². The number of pyridine rings is 1. The molecule has 0 N–H and O–H groups in total. The largest absolute Gasteiger partial charge is 0.451 e. The van der Waals surface area contributed by atoms with Crippen molar-refractivity contribution in [3.05, 3.63) is 61.9 Å². The molecule has 0 aliphatic heterocycles. The molecular formula is C19H13Cl2IN6O2S. The van der Waals surface area contributed by atoms with Crippen molar-refractivity contribution in [3.8, 4) is 6.07 Å². The van der Waals surface area contributed by atoms with Crippen molar-refractivity contribution in [2.45, 2.75) is 5.16 Å². The van der Waals surface area contributed by atoms with Crippen LogP contribution in [0.2, 0.25) is 10.2 Å². The van der Waals surface area contributed by atoms with Crippen LogP contribution in [0.25, 0.3) is 0 Å². The Balaban J connectivity index is 2.39. The maximum Gasteiger partial charge on any atom is 0.433 e. The van der Waals surface area contributed by atoms with E-state index in [0.717, 1.165) is 5.01 Å². The maximum absolute atomic E-state index is 13.1. The first-order valence-corrected chi connectivity index (χ1v) is 11.5. The normalized spacial score (nSPS) is 10.3. The molecule has 158 valence electrons. The number of thioether (sulfide) groups is 1. The number of aromatic nitrogens is 3. The Hall–Kier alpha value is -2.33. The fourth-order valence-corrected chi connectivity index (χ4v) is 3.83. The smallest absolute Gasteiger partial charge is 0.433 e. The van der Waals surface area contributed by atoms with Gasteiger partial charge in [0.2, 0.25) is 0 Å². The number of anilines is 3. The highest BCUT2D eigenvalue weighted by atomic mass is 127. The summed E-state index contributed by atoms with van der Waals surface area (Å²) < 4.78 is 5.65. The van der Waals surface area contributed by atoms with Crippen molar-refractivity contribution in [1.82, 2.24) is 15.0 Å². The van der Waals surface area contributed by atoms with Crippen LogP contribution in [0, 0.1) is 14.9 Å². The predicted octanol–water partition coefficient (Wildman–Crippen LogP) is 5.70. The number of nitriles is 1. The third-order valence-electron chi connectivity index (χ3n) is 3.87. The van der Waals surface area contributed by atoms with Gasteiger partial charge in [0.1, 0.15) is 16.9 Å². The molecule has 12 heteroatoms. The van der Waals surface area contributed by atoms with E-state index in [1.165, 1.54) is 23.9 Å². The van der Waals surface area contributed by atoms with E-state index in [9.17, 15) is 10.1 Å². The fourth-order valence-electron chi connectivity index (χ4n) is 2.59. The number of hydrogen-bond donors (Lipinski definition) is 0. The topological polar surface area (TPSA) is 95.2 Å². The molecule has 0 aliphatic carbocycles. The summed E-state index contributed by atoms with van der Waals surface area (Å²) in [5.41, 5.74) is 0.263. The number of rotatable bonds is 5. The van der Waals surface area contributed by atoms with E-state index in [1.54, 1.807) is 42.6 Å². The number of methoxy groups -OCH3 is 1. The molecule has 0 saturated heterocycles. The number of hydrazine groups is 1. The highest BCUT2D eigenvalue weighted by molar-refractivity contribution is 14.1. The average Bonchev–Trinajstić information content (AvgIpc) is 2.78. The van der Waals surface area contributed by atoms with E-state index in [1.807, 2.05) is 28.8 Å². The summed E-state index contributed by atoms with van der Waals surface area (Å²) in [6, 6.07) is 11.7. The number of ether oxygens (including phenoxy) is 1. The first kappa shape index (κ1) is 23.3. The number of hydrogen-bond acceptors (Lipinski definition) is 8. The lowest BCUT2D eigenvalue weighted by atomic mass is 10.2. The Morgan fingerprint density at radius 1 is 1.23 bits per heavy atom. The lowest BCUT2D eigenvalue weighted by Crippen LogP contribution is -2.46. The van der Waals surface area contributed by atoms with Crippen LogP contribution in [0.5, 0.6) is 0 Å². The highest BCUT2D eigenvalue weighted by Crippen LogP contribution is 2.38. The summed E-state index contributed by atoms with van der Waals surface area (Å²) in [6.45, 7) is 0. The molecule has 1 aromatic carbocycles. The molecule has 31 heavy (non-hydrogen) atoms. The molecule has 8 nitrogen and oxygen atoms in total. The van der Waals surface area contributed by atoms with Gasteiger partial charge >= 0.3 is 6.09 Å². The van der Waals surface area contributed by atoms with Crippen molar-refractivity contribution >= 4 is 81.0 Å². The van der Waals surface area contributed by atoms with E-state index < -0.39 is 6.09 Å². The van der Waals surface area contributed by atoms with Crippen molar-refractivity contribution < 1.29 is 9.53 Å². The van der Waals surface area contributed by atoms with Gasteiger partial charge in [0.05, 0.1) is 21.3 Å². The number of carbonyl (C=O) groups is 1. The molecule has 3 aromatic rings. The van der Waals surface area contributed by atoms with Crippen LogP contribution < -0.4 is 10.0 Å². The molecule has 0 bridgehead atoms. The average molecular weight is 587 g/mol. The zero-order chi connectivity index (χ0) is 22.5. The lowest BCUT2D eigenvalue weighted by Gasteiger charge is -2.34. The molecular weight excluding hydrogens is 574 g/mol. The third-order valence-corrected chi connectivity index (χ3v) is 5.71. The zero-order valence-electron chi connectivity index (χ0n) is 16.1. The Morgan fingerprint density at radius 3 is 2.61 bits per heavy atom. The number of amides is 1. The van der Waals surface area contributed by atoms with Crippen LogP contribution in [0.4, 0.5) is 22.1 Å². The van der Waals surface area contributed by atoms with Crippen LogP contribution in [0.3, 0.4) is 0 Å². The van der Waals surface area contributed by atoms with Gasteiger partial charge in [-0.1, -0.05) is 47.1 Å². The van der Waals surface area contributed by atoms with Gasteiger partial charge in [0.25, 0.3) is 0 Å². The van der Waals surface area contributed by atoms with E-state index in [0.29, 0.717) is 14.5 Å². The number of benzene rings is 1. The molecule has 0 radical (unpaired) electrons. The molecule has 3 rings (SSSR count). The molecule has 0 spiro atoms. The van der Waals surface area contributed by atoms with Crippen molar-refractivity contribution in [2.24, 2.45) is 0 Å². The van der Waals surface area contributed by atoms with Crippen LogP contribution in [0.1, 0.15) is 5.56 Å². The minimum Gasteiger partial charge on any atom is -0.451 e. The van der Waals surface area contributed by atoms with Crippen LogP contribution >= 0.6 is 57.6 Å². The van der Waals surface area contributed by atoms with Crippen molar-refractivity contribution in [1.29, 1.82) is 5.26 Å². The second kappa shape index (κ2) is 10.3. The van der Waals surface area contributed by atoms with Gasteiger partial charge in [-0.25, -0.2) is 24.8 Å². The van der Waals surface area contributed by atoms with Gasteiger partial charge in [-0.05, 0) is 53.1 Å². The highest BCUT2D eigenvalue weighted by Gasteiger charge is 2.33. The molecule has 2 heterocycles. The molecule has 2 aromatic heterocycles. The summed E-state index contributed by atoms with van der Waals surface area (Å²) in [4.78, 5) is 26.2. The second-order valence-electron chi connectivity index (χ2n) is 5.69. The summed E-state index contributed by atoms with van der Waals surface area (Å²) in [7, 11) is 1.22. The molecule has 0 aliphatic rings. The number of para-hydroxylation sites is 1. The van der Waals surface area contributed by atoms with Crippen LogP contribution in [0.15, 0.2) is 47.8 Å². The molecule has 0 fully saturated rings. The van der Waals surface area contributed by atoms with Gasteiger partial charge in [-0.3, -0.25) is 0 Å². The fraction of sp³-hybridized carbons (Fsp3) is 0.105. The van der Waals surface area contributed by atoms with E-state index in [4.69, 9.17) is 27.9 Å². The van der Waals surface area contributed by atoms with Crippen molar-refractivity contribution in [3.63, 3.8) is 0 Å². The van der Waals surface area contributed by atoms with E-state index >= 15 is 0 Å². The predicted molar refractivity (Wildman–Crippen MR) is 129 cm³/mol. The molecule has 0 saturated carbocycles. The Kier molecular flexibility index (Phi) is 7.77.